The normalized spacial score (nSPS) is 17.3. The quantitative estimate of drug-likeness (QED) is 0.595. The van der Waals surface area contributed by atoms with Crippen LogP contribution in [0.3, 0.4) is 0 Å². The second-order valence-electron chi connectivity index (χ2n) is 6.27. The largest absolute Gasteiger partial charge is 0.369 e. The Balaban J connectivity index is 2.06. The standard InChI is InChI=1S/C16H22N2O5S/c17-16(19)15(12-4-2-1-3-5-12)10-11-24(22,23)14-8-6-13(7-9-14)18(20)21/h6-9,12,15H,1-5,10-11H2,(H2,17,19). The van der Waals surface area contributed by atoms with Gasteiger partial charge in [0.15, 0.2) is 9.84 Å². The Labute approximate surface area is 141 Å². The van der Waals surface area contributed by atoms with E-state index in [2.05, 4.69) is 0 Å². The average Bonchev–Trinajstić information content (AvgIpc) is 2.55. The Hall–Kier alpha value is -1.96. The summed E-state index contributed by atoms with van der Waals surface area (Å²) in [6, 6.07) is 4.79. The highest BCUT2D eigenvalue weighted by Crippen LogP contribution is 2.32. The molecule has 1 aliphatic carbocycles. The summed E-state index contributed by atoms with van der Waals surface area (Å²) >= 11 is 0. The third kappa shape index (κ3) is 4.53. The van der Waals surface area contributed by atoms with E-state index in [0.717, 1.165) is 32.1 Å². The van der Waals surface area contributed by atoms with Crippen LogP contribution in [0.1, 0.15) is 38.5 Å². The minimum absolute atomic E-state index is 0.0277. The van der Waals surface area contributed by atoms with Crippen LogP contribution in [-0.2, 0) is 14.6 Å². The zero-order valence-corrected chi connectivity index (χ0v) is 14.2. The summed E-state index contributed by atoms with van der Waals surface area (Å²) in [5.74, 6) is -0.906. The first-order valence-electron chi connectivity index (χ1n) is 8.08. The van der Waals surface area contributed by atoms with Crippen molar-refractivity contribution in [3.05, 3.63) is 34.4 Å². The van der Waals surface area contributed by atoms with E-state index < -0.39 is 26.6 Å². The topological polar surface area (TPSA) is 120 Å². The third-order valence-corrected chi connectivity index (χ3v) is 6.45. The van der Waals surface area contributed by atoms with Gasteiger partial charge in [0.1, 0.15) is 0 Å². The average molecular weight is 354 g/mol. The summed E-state index contributed by atoms with van der Waals surface area (Å²) < 4.78 is 24.8. The van der Waals surface area contributed by atoms with E-state index in [1.807, 2.05) is 0 Å². The first-order chi connectivity index (χ1) is 11.3. The number of sulfone groups is 1. The van der Waals surface area contributed by atoms with E-state index in [1.165, 1.54) is 24.3 Å². The van der Waals surface area contributed by atoms with E-state index in [9.17, 15) is 23.3 Å². The third-order valence-electron chi connectivity index (χ3n) is 4.69. The van der Waals surface area contributed by atoms with Crippen molar-refractivity contribution in [1.29, 1.82) is 0 Å². The Kier molecular flexibility index (Phi) is 5.93. The monoisotopic (exact) mass is 354 g/mol. The number of nitro benzene ring substituents is 1. The second-order valence-corrected chi connectivity index (χ2v) is 8.37. The lowest BCUT2D eigenvalue weighted by molar-refractivity contribution is -0.384. The van der Waals surface area contributed by atoms with Crippen molar-refractivity contribution >= 4 is 21.4 Å². The van der Waals surface area contributed by atoms with Gasteiger partial charge in [-0.25, -0.2) is 8.42 Å². The van der Waals surface area contributed by atoms with Gasteiger partial charge in [0.05, 0.1) is 15.6 Å². The Morgan fingerprint density at radius 2 is 1.79 bits per heavy atom. The minimum atomic E-state index is -3.60. The summed E-state index contributed by atoms with van der Waals surface area (Å²) in [5, 5.41) is 10.6. The smallest absolute Gasteiger partial charge is 0.269 e. The van der Waals surface area contributed by atoms with Gasteiger partial charge in [0.25, 0.3) is 5.69 Å². The molecule has 1 fully saturated rings. The van der Waals surface area contributed by atoms with Gasteiger partial charge in [-0.2, -0.15) is 0 Å². The highest BCUT2D eigenvalue weighted by Gasteiger charge is 2.29. The molecule has 0 spiro atoms. The van der Waals surface area contributed by atoms with Crippen molar-refractivity contribution in [2.45, 2.75) is 43.4 Å². The molecule has 1 atom stereocenters. The van der Waals surface area contributed by atoms with Gasteiger partial charge in [0.2, 0.25) is 5.91 Å². The maximum atomic E-state index is 12.4. The van der Waals surface area contributed by atoms with Gasteiger partial charge in [0, 0.05) is 18.1 Å². The Bertz CT molecular complexity index is 694. The van der Waals surface area contributed by atoms with Gasteiger partial charge >= 0.3 is 0 Å². The van der Waals surface area contributed by atoms with Crippen LogP contribution >= 0.6 is 0 Å². The number of amides is 1. The summed E-state index contributed by atoms with van der Waals surface area (Å²) in [6.07, 6.45) is 5.24. The molecule has 0 heterocycles. The fourth-order valence-electron chi connectivity index (χ4n) is 3.32. The predicted octanol–water partition coefficient (Wildman–Crippen LogP) is 2.44. The molecule has 1 aromatic rings. The molecule has 2 rings (SSSR count). The molecular weight excluding hydrogens is 332 g/mol. The van der Waals surface area contributed by atoms with Gasteiger partial charge in [-0.1, -0.05) is 19.3 Å². The van der Waals surface area contributed by atoms with Crippen molar-refractivity contribution < 1.29 is 18.1 Å². The van der Waals surface area contributed by atoms with Crippen LogP contribution in [-0.4, -0.2) is 25.0 Å². The lowest BCUT2D eigenvalue weighted by Crippen LogP contribution is -2.32. The molecule has 8 heteroatoms. The number of hydrogen-bond acceptors (Lipinski definition) is 5. The number of rotatable bonds is 7. The second kappa shape index (κ2) is 7.74. The summed E-state index contributed by atoms with van der Waals surface area (Å²) in [7, 11) is -3.60. The van der Waals surface area contributed by atoms with Gasteiger partial charge in [-0.15, -0.1) is 0 Å². The van der Waals surface area contributed by atoms with Gasteiger partial charge in [-0.3, -0.25) is 14.9 Å². The molecule has 1 unspecified atom stereocenters. The maximum absolute atomic E-state index is 12.4. The molecule has 2 N–H and O–H groups in total. The summed E-state index contributed by atoms with van der Waals surface area (Å²) in [4.78, 5) is 21.8. The van der Waals surface area contributed by atoms with Crippen LogP contribution in [0.15, 0.2) is 29.2 Å². The van der Waals surface area contributed by atoms with Gasteiger partial charge < -0.3 is 5.73 Å². The highest BCUT2D eigenvalue weighted by molar-refractivity contribution is 7.91. The molecule has 1 amide bonds. The first kappa shape index (κ1) is 18.4. The molecule has 1 aliphatic rings. The summed E-state index contributed by atoms with van der Waals surface area (Å²) in [5.41, 5.74) is 5.32. The predicted molar refractivity (Wildman–Crippen MR) is 89.0 cm³/mol. The zero-order chi connectivity index (χ0) is 17.7. The Morgan fingerprint density at radius 1 is 1.21 bits per heavy atom. The number of carbonyl (C=O) groups excluding carboxylic acids is 1. The fraction of sp³-hybridized carbons (Fsp3) is 0.562. The van der Waals surface area contributed by atoms with Crippen LogP contribution in [0.4, 0.5) is 5.69 Å². The highest BCUT2D eigenvalue weighted by atomic mass is 32.2. The molecule has 0 aromatic heterocycles. The number of nitrogens with two attached hydrogens (primary N) is 1. The van der Waals surface area contributed by atoms with Crippen LogP contribution in [0.25, 0.3) is 0 Å². The SMILES string of the molecule is NC(=O)C(CCS(=O)(=O)c1ccc([N+](=O)[O-])cc1)C1CCCCC1. The number of primary amides is 1. The number of carbonyl (C=O) groups is 1. The molecule has 24 heavy (non-hydrogen) atoms. The molecule has 7 nitrogen and oxygen atoms in total. The van der Waals surface area contributed by atoms with E-state index in [4.69, 9.17) is 5.73 Å². The molecule has 0 radical (unpaired) electrons. The molecule has 0 saturated heterocycles. The number of benzene rings is 1. The molecule has 1 saturated carbocycles. The lowest BCUT2D eigenvalue weighted by Gasteiger charge is -2.28. The van der Waals surface area contributed by atoms with Gasteiger partial charge in [-0.05, 0) is 37.3 Å². The van der Waals surface area contributed by atoms with Crippen LogP contribution in [0.5, 0.6) is 0 Å². The van der Waals surface area contributed by atoms with E-state index in [-0.39, 0.29) is 28.7 Å². The zero-order valence-electron chi connectivity index (χ0n) is 13.4. The van der Waals surface area contributed by atoms with Crippen molar-refractivity contribution in [2.24, 2.45) is 17.6 Å². The fourth-order valence-corrected chi connectivity index (χ4v) is 4.67. The minimum Gasteiger partial charge on any atom is -0.369 e. The van der Waals surface area contributed by atoms with Crippen molar-refractivity contribution in [3.63, 3.8) is 0 Å². The van der Waals surface area contributed by atoms with Crippen LogP contribution in [0, 0.1) is 22.0 Å². The van der Waals surface area contributed by atoms with Crippen molar-refractivity contribution in [1.82, 2.24) is 0 Å². The molecular formula is C16H22N2O5S. The van der Waals surface area contributed by atoms with E-state index >= 15 is 0 Å². The van der Waals surface area contributed by atoms with Crippen LogP contribution < -0.4 is 5.73 Å². The maximum Gasteiger partial charge on any atom is 0.269 e. The van der Waals surface area contributed by atoms with E-state index in [1.54, 1.807) is 0 Å². The number of nitro groups is 1. The number of hydrogen-bond donors (Lipinski definition) is 1. The molecule has 0 aliphatic heterocycles. The molecule has 1 aromatic carbocycles. The Morgan fingerprint density at radius 3 is 2.29 bits per heavy atom. The summed E-state index contributed by atoms with van der Waals surface area (Å²) in [6.45, 7) is 0. The molecule has 132 valence electrons. The lowest BCUT2D eigenvalue weighted by atomic mass is 9.78. The molecule has 0 bridgehead atoms. The first-order valence-corrected chi connectivity index (χ1v) is 9.73. The number of nitrogens with zero attached hydrogens (tertiary/aromatic N) is 1. The van der Waals surface area contributed by atoms with Crippen LogP contribution in [0.2, 0.25) is 0 Å². The van der Waals surface area contributed by atoms with Crippen molar-refractivity contribution in [2.75, 3.05) is 5.75 Å². The van der Waals surface area contributed by atoms with E-state index in [0.29, 0.717) is 0 Å². The van der Waals surface area contributed by atoms with Crippen molar-refractivity contribution in [3.8, 4) is 0 Å². The number of non-ortho nitro benzene ring substituents is 1.